The molecule has 0 aromatic heterocycles. The second kappa shape index (κ2) is 3.57. The lowest BCUT2D eigenvalue weighted by molar-refractivity contribution is 0.367. The molecule has 1 nitrogen and oxygen atoms in total. The molecule has 0 atom stereocenters. The molecule has 0 amide bonds. The topological polar surface area (TPSA) is 9.23 Å². The highest BCUT2D eigenvalue weighted by molar-refractivity contribution is 7.80. The van der Waals surface area contributed by atoms with Crippen molar-refractivity contribution in [1.82, 2.24) is 0 Å². The number of benzene rings is 1. The molecule has 0 fully saturated rings. The van der Waals surface area contributed by atoms with Crippen LogP contribution in [0.3, 0.4) is 0 Å². The molecule has 0 aliphatic carbocycles. The second-order valence-corrected chi connectivity index (χ2v) is 2.11. The van der Waals surface area contributed by atoms with E-state index < -0.39 is 11.6 Å². The predicted octanol–water partition coefficient (Wildman–Crippen LogP) is 2.23. The van der Waals surface area contributed by atoms with Gasteiger partial charge in [0.2, 0.25) is 0 Å². The molecule has 0 saturated carbocycles. The van der Waals surface area contributed by atoms with Gasteiger partial charge in [-0.25, -0.2) is 8.78 Å². The van der Waals surface area contributed by atoms with E-state index in [0.717, 1.165) is 12.1 Å². The maximum absolute atomic E-state index is 12.6. The number of thiol groups is 1. The molecular formula is C7H6F2OS. The Labute approximate surface area is 68.4 Å². The van der Waals surface area contributed by atoms with Crippen LogP contribution in [0.25, 0.3) is 0 Å². The molecule has 60 valence electrons. The molecule has 0 radical (unpaired) electrons. The molecule has 0 aliphatic heterocycles. The highest BCUT2D eigenvalue weighted by Crippen LogP contribution is 2.17. The SMILES string of the molecule is Fc1ccc(OCS)c(F)c1. The summed E-state index contributed by atoms with van der Waals surface area (Å²) in [6, 6.07) is 3.11. The molecule has 0 unspecified atom stereocenters. The Morgan fingerprint density at radius 1 is 1.36 bits per heavy atom. The van der Waals surface area contributed by atoms with Crippen molar-refractivity contribution in [1.29, 1.82) is 0 Å². The van der Waals surface area contributed by atoms with E-state index in [-0.39, 0.29) is 11.7 Å². The van der Waals surface area contributed by atoms with E-state index in [2.05, 4.69) is 12.6 Å². The van der Waals surface area contributed by atoms with Crippen LogP contribution in [0.5, 0.6) is 5.75 Å². The number of rotatable bonds is 2. The standard InChI is InChI=1S/C7H6F2OS/c8-5-1-2-7(10-4-11)6(9)3-5/h1-3,11H,4H2. The third-order valence-corrected chi connectivity index (χ3v) is 1.24. The molecule has 0 saturated heterocycles. The highest BCUT2D eigenvalue weighted by atomic mass is 32.1. The summed E-state index contributed by atoms with van der Waals surface area (Å²) in [5, 5.41) is 0. The van der Waals surface area contributed by atoms with Gasteiger partial charge in [0.05, 0.1) is 0 Å². The normalized spacial score (nSPS) is 9.73. The third-order valence-electron chi connectivity index (χ3n) is 1.11. The van der Waals surface area contributed by atoms with E-state index in [4.69, 9.17) is 4.74 Å². The zero-order chi connectivity index (χ0) is 8.27. The average Bonchev–Trinajstić information content (AvgIpc) is 1.95. The molecule has 0 bridgehead atoms. The lowest BCUT2D eigenvalue weighted by Crippen LogP contribution is -1.92. The summed E-state index contributed by atoms with van der Waals surface area (Å²) in [4.78, 5) is 0. The number of halogens is 2. The maximum Gasteiger partial charge on any atom is 0.168 e. The first kappa shape index (κ1) is 8.33. The van der Waals surface area contributed by atoms with Crippen LogP contribution in [0.1, 0.15) is 0 Å². The first-order chi connectivity index (χ1) is 5.24. The van der Waals surface area contributed by atoms with Gasteiger partial charge in [-0.2, -0.15) is 0 Å². The maximum atomic E-state index is 12.6. The first-order valence-corrected chi connectivity index (χ1v) is 3.56. The van der Waals surface area contributed by atoms with Crippen molar-refractivity contribution in [2.24, 2.45) is 0 Å². The molecule has 1 aromatic rings. The molecule has 1 aromatic carbocycles. The summed E-state index contributed by atoms with van der Waals surface area (Å²) in [7, 11) is 0. The largest absolute Gasteiger partial charge is 0.480 e. The Hall–Kier alpha value is -0.770. The van der Waals surface area contributed by atoms with Crippen LogP contribution in [-0.2, 0) is 0 Å². The van der Waals surface area contributed by atoms with E-state index in [1.54, 1.807) is 0 Å². The lowest BCUT2D eigenvalue weighted by atomic mass is 10.3. The second-order valence-electron chi connectivity index (χ2n) is 1.85. The molecule has 0 spiro atoms. The van der Waals surface area contributed by atoms with E-state index in [9.17, 15) is 8.78 Å². The van der Waals surface area contributed by atoms with Crippen molar-refractivity contribution in [3.63, 3.8) is 0 Å². The van der Waals surface area contributed by atoms with Gasteiger partial charge in [0, 0.05) is 6.07 Å². The van der Waals surface area contributed by atoms with Crippen LogP contribution in [-0.4, -0.2) is 5.94 Å². The van der Waals surface area contributed by atoms with Crippen LogP contribution in [0.4, 0.5) is 8.78 Å². The molecule has 11 heavy (non-hydrogen) atoms. The lowest BCUT2D eigenvalue weighted by Gasteiger charge is -2.02. The minimum absolute atomic E-state index is 0.0152. The number of ether oxygens (including phenoxy) is 1. The summed E-state index contributed by atoms with van der Waals surface area (Å²) in [5.74, 6) is -1.24. The highest BCUT2D eigenvalue weighted by Gasteiger charge is 2.02. The fourth-order valence-corrected chi connectivity index (χ4v) is 0.801. The van der Waals surface area contributed by atoms with Crippen LogP contribution in [0.15, 0.2) is 18.2 Å². The number of hydrogen-bond acceptors (Lipinski definition) is 2. The summed E-state index contributed by atoms with van der Waals surface area (Å²) in [5.41, 5.74) is 0. The molecule has 0 aliphatic rings. The molecule has 0 heterocycles. The molecular weight excluding hydrogens is 170 g/mol. The quantitative estimate of drug-likeness (QED) is 0.537. The van der Waals surface area contributed by atoms with E-state index in [1.165, 1.54) is 6.07 Å². The Kier molecular flexibility index (Phi) is 2.70. The van der Waals surface area contributed by atoms with E-state index in [1.807, 2.05) is 0 Å². The zero-order valence-corrected chi connectivity index (χ0v) is 6.44. The van der Waals surface area contributed by atoms with Crippen LogP contribution >= 0.6 is 12.6 Å². The Morgan fingerprint density at radius 2 is 2.09 bits per heavy atom. The van der Waals surface area contributed by atoms with Crippen molar-refractivity contribution < 1.29 is 13.5 Å². The van der Waals surface area contributed by atoms with Gasteiger partial charge in [0.15, 0.2) is 11.6 Å². The van der Waals surface area contributed by atoms with Gasteiger partial charge in [0.25, 0.3) is 0 Å². The fourth-order valence-electron chi connectivity index (χ4n) is 0.662. The van der Waals surface area contributed by atoms with Crippen molar-refractivity contribution in [3.8, 4) is 5.75 Å². The Balaban J connectivity index is 2.90. The van der Waals surface area contributed by atoms with Gasteiger partial charge in [-0.1, -0.05) is 0 Å². The van der Waals surface area contributed by atoms with Crippen LogP contribution in [0, 0.1) is 11.6 Å². The minimum Gasteiger partial charge on any atom is -0.480 e. The van der Waals surface area contributed by atoms with Gasteiger partial charge in [-0.3, -0.25) is 0 Å². The first-order valence-electron chi connectivity index (χ1n) is 2.93. The summed E-state index contributed by atoms with van der Waals surface area (Å²) < 4.78 is 29.6. The minimum atomic E-state index is -0.709. The summed E-state index contributed by atoms with van der Waals surface area (Å²) >= 11 is 3.72. The fraction of sp³-hybridized carbons (Fsp3) is 0.143. The molecule has 0 N–H and O–H groups in total. The van der Waals surface area contributed by atoms with Gasteiger partial charge in [0.1, 0.15) is 11.8 Å². The Morgan fingerprint density at radius 3 is 2.64 bits per heavy atom. The van der Waals surface area contributed by atoms with Gasteiger partial charge >= 0.3 is 0 Å². The smallest absolute Gasteiger partial charge is 0.168 e. The summed E-state index contributed by atoms with van der Waals surface area (Å²) in [6.45, 7) is 0. The third kappa shape index (κ3) is 2.08. The summed E-state index contributed by atoms with van der Waals surface area (Å²) in [6.07, 6.45) is 0. The van der Waals surface area contributed by atoms with Crippen LogP contribution in [0.2, 0.25) is 0 Å². The molecule has 4 heteroatoms. The average molecular weight is 176 g/mol. The zero-order valence-electron chi connectivity index (χ0n) is 5.55. The van der Waals surface area contributed by atoms with E-state index >= 15 is 0 Å². The van der Waals surface area contributed by atoms with E-state index in [0.29, 0.717) is 0 Å². The predicted molar refractivity (Wildman–Crippen MR) is 40.8 cm³/mol. The monoisotopic (exact) mass is 176 g/mol. The van der Waals surface area contributed by atoms with Gasteiger partial charge in [-0.05, 0) is 12.1 Å². The van der Waals surface area contributed by atoms with Crippen LogP contribution < -0.4 is 4.74 Å². The van der Waals surface area contributed by atoms with Crippen molar-refractivity contribution in [2.45, 2.75) is 0 Å². The van der Waals surface area contributed by atoms with Crippen molar-refractivity contribution in [3.05, 3.63) is 29.8 Å². The van der Waals surface area contributed by atoms with Crippen molar-refractivity contribution >= 4 is 12.6 Å². The Bertz CT molecular complexity index is 252. The number of hydrogen-bond donors (Lipinski definition) is 1. The molecule has 1 rings (SSSR count). The van der Waals surface area contributed by atoms with Crippen molar-refractivity contribution in [2.75, 3.05) is 5.94 Å². The van der Waals surface area contributed by atoms with Gasteiger partial charge < -0.3 is 4.74 Å². The van der Waals surface area contributed by atoms with Gasteiger partial charge in [-0.15, -0.1) is 12.6 Å².